The van der Waals surface area contributed by atoms with Crippen LogP contribution in [0.15, 0.2) is 41.2 Å². The number of rotatable bonds is 12. The number of unbranched alkanes of at least 4 members (excludes halogenated alkanes) is 1. The van der Waals surface area contributed by atoms with Crippen molar-refractivity contribution in [3.63, 3.8) is 0 Å². The first-order valence-corrected chi connectivity index (χ1v) is 18.0. The summed E-state index contributed by atoms with van der Waals surface area (Å²) in [4.78, 5) is 19.0. The average Bonchev–Trinajstić information content (AvgIpc) is 2.87. The molecule has 40 heavy (non-hydrogen) atoms. The molecule has 3 aromatic rings. The van der Waals surface area contributed by atoms with E-state index in [0.29, 0.717) is 17.9 Å². The zero-order chi connectivity index (χ0) is 29.7. The smallest absolute Gasteiger partial charge is 0.261 e. The van der Waals surface area contributed by atoms with E-state index < -0.39 is 8.32 Å². The first-order valence-electron chi connectivity index (χ1n) is 15.1. The molecule has 0 radical (unpaired) electrons. The quantitative estimate of drug-likeness (QED) is 0.225. The summed E-state index contributed by atoms with van der Waals surface area (Å²) < 4.78 is 8.66. The molecule has 0 aliphatic heterocycles. The molecule has 218 valence electrons. The second-order valence-corrected chi connectivity index (χ2v) is 17.4. The molecule has 0 saturated heterocycles. The highest BCUT2D eigenvalue weighted by atomic mass is 28.4. The van der Waals surface area contributed by atoms with Gasteiger partial charge in [0.1, 0.15) is 17.3 Å². The second-order valence-electron chi connectivity index (χ2n) is 12.6. The number of nitrogens with zero attached hydrogens (tertiary/aromatic N) is 2. The lowest BCUT2D eigenvalue weighted by Gasteiger charge is -2.38. The molecular weight excluding hydrogens is 512 g/mol. The van der Waals surface area contributed by atoms with E-state index in [1.165, 1.54) is 11.1 Å². The van der Waals surface area contributed by atoms with E-state index in [9.17, 15) is 9.90 Å². The van der Waals surface area contributed by atoms with Crippen molar-refractivity contribution in [2.45, 2.75) is 118 Å². The van der Waals surface area contributed by atoms with Crippen LogP contribution in [0.1, 0.15) is 101 Å². The van der Waals surface area contributed by atoms with Gasteiger partial charge in [-0.1, -0.05) is 72.9 Å². The molecule has 0 aliphatic rings. The van der Waals surface area contributed by atoms with Crippen LogP contribution in [0.4, 0.5) is 0 Å². The topological polar surface area (TPSA) is 64.3 Å². The number of hydrogen-bond acceptors (Lipinski definition) is 4. The van der Waals surface area contributed by atoms with E-state index in [4.69, 9.17) is 9.41 Å². The maximum Gasteiger partial charge on any atom is 0.261 e. The third-order valence-corrected chi connectivity index (χ3v) is 12.5. The fraction of sp³-hybridized carbons (Fsp3) is 0.529. The van der Waals surface area contributed by atoms with Crippen LogP contribution in [0, 0.1) is 6.92 Å². The molecule has 0 spiro atoms. The fourth-order valence-electron chi connectivity index (χ4n) is 4.93. The van der Waals surface area contributed by atoms with Gasteiger partial charge in [0.2, 0.25) is 0 Å². The van der Waals surface area contributed by atoms with Crippen molar-refractivity contribution in [1.82, 2.24) is 9.55 Å². The summed E-state index contributed by atoms with van der Waals surface area (Å²) in [5.74, 6) is 1.92. The number of hydrogen-bond donors (Lipinski definition) is 1. The number of benzene rings is 2. The third kappa shape index (κ3) is 7.25. The Balaban J connectivity index is 2.19. The average molecular weight is 563 g/mol. The van der Waals surface area contributed by atoms with Gasteiger partial charge in [0.15, 0.2) is 0 Å². The molecule has 5 nitrogen and oxygen atoms in total. The molecule has 6 heteroatoms. The van der Waals surface area contributed by atoms with Gasteiger partial charge in [-0.2, -0.15) is 0 Å². The molecule has 0 bridgehead atoms. The van der Waals surface area contributed by atoms with Crippen molar-refractivity contribution in [3.05, 3.63) is 80.5 Å². The van der Waals surface area contributed by atoms with Crippen molar-refractivity contribution in [3.8, 4) is 17.2 Å². The van der Waals surface area contributed by atoms with Gasteiger partial charge in [-0.25, -0.2) is 4.98 Å². The molecule has 1 N–H and O–H groups in total. The molecule has 3 rings (SSSR count). The molecule has 0 unspecified atom stereocenters. The highest BCUT2D eigenvalue weighted by Gasteiger charge is 2.39. The summed E-state index contributed by atoms with van der Waals surface area (Å²) in [5, 5.41) is 9.91. The molecule has 0 amide bonds. The summed E-state index contributed by atoms with van der Waals surface area (Å²) in [6, 6.07) is 11.3. The lowest BCUT2D eigenvalue weighted by molar-refractivity contribution is 0.475. The third-order valence-electron chi connectivity index (χ3n) is 8.19. The largest absolute Gasteiger partial charge is 0.543 e. The Kier molecular flexibility index (Phi) is 10.4. The first kappa shape index (κ1) is 31.7. The van der Waals surface area contributed by atoms with Crippen molar-refractivity contribution >= 4 is 8.32 Å². The number of phenols is 1. The van der Waals surface area contributed by atoms with Gasteiger partial charge in [-0.05, 0) is 91.7 Å². The number of aryl methyl sites for hydroxylation is 4. The van der Waals surface area contributed by atoms with Crippen LogP contribution in [-0.2, 0) is 25.7 Å². The van der Waals surface area contributed by atoms with Crippen LogP contribution in [-0.4, -0.2) is 23.0 Å². The monoisotopic (exact) mass is 562 g/mol. The van der Waals surface area contributed by atoms with Crippen LogP contribution in [0.5, 0.6) is 11.5 Å². The summed E-state index contributed by atoms with van der Waals surface area (Å²) in [6.07, 6.45) is 7.31. The van der Waals surface area contributed by atoms with Gasteiger partial charge in [-0.15, -0.1) is 0 Å². The van der Waals surface area contributed by atoms with E-state index >= 15 is 0 Å². The first-order chi connectivity index (χ1) is 18.8. The molecular formula is C34H50N2O3Si. The van der Waals surface area contributed by atoms with Crippen LogP contribution < -0.4 is 9.99 Å². The lowest BCUT2D eigenvalue weighted by atomic mass is 9.94. The lowest BCUT2D eigenvalue weighted by Crippen LogP contribution is -2.44. The Morgan fingerprint density at radius 2 is 1.50 bits per heavy atom. The summed E-state index contributed by atoms with van der Waals surface area (Å²) in [6.45, 7) is 20.0. The maximum absolute atomic E-state index is 14.1. The molecule has 0 atom stereocenters. The van der Waals surface area contributed by atoms with Gasteiger partial charge in [0.05, 0.1) is 11.4 Å². The normalized spacial score (nSPS) is 12.1. The Labute approximate surface area is 242 Å². The zero-order valence-electron chi connectivity index (χ0n) is 26.3. The SMILES string of the molecule is CCCCc1nc(C)n(-c2ccc(O)cc2)c(=O)c1Cc1cc(CCC)c(O[Si](C)(C)C(C)(C)C)c(CCC)c1. The predicted molar refractivity (Wildman–Crippen MR) is 170 cm³/mol. The standard InChI is InChI=1S/C34H50N2O3Si/c1-10-13-16-31-30(33(38)36(24(4)35-31)28-17-19-29(37)20-18-28)23-25-21-26(14-11-2)32(27(22-25)15-12-3)39-40(8,9)34(5,6)7/h17-22,37H,10-16,23H2,1-9H3. The molecule has 0 saturated carbocycles. The minimum Gasteiger partial charge on any atom is -0.543 e. The van der Waals surface area contributed by atoms with Crippen LogP contribution >= 0.6 is 0 Å². The Morgan fingerprint density at radius 3 is 2.00 bits per heavy atom. The molecule has 0 fully saturated rings. The van der Waals surface area contributed by atoms with E-state index in [1.807, 2.05) is 6.92 Å². The number of aromatic nitrogens is 2. The summed E-state index contributed by atoms with van der Waals surface area (Å²) >= 11 is 0. The van der Waals surface area contributed by atoms with E-state index in [2.05, 4.69) is 66.8 Å². The summed E-state index contributed by atoms with van der Waals surface area (Å²) in [5.41, 5.74) is 5.99. The van der Waals surface area contributed by atoms with Crippen LogP contribution in [0.25, 0.3) is 5.69 Å². The Bertz CT molecular complexity index is 1320. The van der Waals surface area contributed by atoms with Crippen molar-refractivity contribution < 1.29 is 9.53 Å². The fourth-order valence-corrected chi connectivity index (χ4v) is 6.01. The minimum absolute atomic E-state index is 0.0278. The van der Waals surface area contributed by atoms with E-state index in [0.717, 1.165) is 67.5 Å². The van der Waals surface area contributed by atoms with Crippen LogP contribution in [0.2, 0.25) is 18.1 Å². The van der Waals surface area contributed by atoms with Gasteiger partial charge in [0.25, 0.3) is 13.9 Å². The van der Waals surface area contributed by atoms with Crippen molar-refractivity contribution in [2.75, 3.05) is 0 Å². The van der Waals surface area contributed by atoms with Gasteiger partial charge < -0.3 is 9.53 Å². The van der Waals surface area contributed by atoms with Gasteiger partial charge in [0, 0.05) is 12.0 Å². The molecule has 1 aromatic heterocycles. The Morgan fingerprint density at radius 1 is 0.925 bits per heavy atom. The molecule has 0 aliphatic carbocycles. The zero-order valence-corrected chi connectivity index (χ0v) is 27.3. The second kappa shape index (κ2) is 13.2. The highest BCUT2D eigenvalue weighted by molar-refractivity contribution is 6.74. The maximum atomic E-state index is 14.1. The minimum atomic E-state index is -2.03. The van der Waals surface area contributed by atoms with E-state index in [1.54, 1.807) is 28.8 Å². The van der Waals surface area contributed by atoms with E-state index in [-0.39, 0.29) is 16.3 Å². The number of aromatic hydroxyl groups is 1. The molecule has 1 heterocycles. The van der Waals surface area contributed by atoms with Crippen molar-refractivity contribution in [1.29, 1.82) is 0 Å². The highest BCUT2D eigenvalue weighted by Crippen LogP contribution is 2.40. The van der Waals surface area contributed by atoms with Gasteiger partial charge >= 0.3 is 0 Å². The van der Waals surface area contributed by atoms with Crippen molar-refractivity contribution in [2.24, 2.45) is 0 Å². The van der Waals surface area contributed by atoms with Gasteiger partial charge in [-0.3, -0.25) is 9.36 Å². The summed E-state index contributed by atoms with van der Waals surface area (Å²) in [7, 11) is -2.03. The predicted octanol–water partition coefficient (Wildman–Crippen LogP) is 8.47. The molecule has 2 aromatic carbocycles. The number of phenolic OH excluding ortho intramolecular Hbond substituents is 1. The van der Waals surface area contributed by atoms with Crippen LogP contribution in [0.3, 0.4) is 0 Å². The Hall–Kier alpha value is -2.86.